The number of fused-ring (bicyclic) bond motifs is 1. The summed E-state index contributed by atoms with van der Waals surface area (Å²) in [5.74, 6) is -0.667. The topological polar surface area (TPSA) is 117 Å². The van der Waals surface area contributed by atoms with Crippen LogP contribution in [0.5, 0.6) is 0 Å². The first-order valence-corrected chi connectivity index (χ1v) is 8.94. The number of carbonyl (C=O) groups is 2. The molecule has 2 amide bonds. The lowest BCUT2D eigenvalue weighted by molar-refractivity contribution is 0.0523. The van der Waals surface area contributed by atoms with Crippen LogP contribution in [-0.2, 0) is 11.3 Å². The maximum atomic E-state index is 12.0. The molecule has 29 heavy (non-hydrogen) atoms. The predicted molar refractivity (Wildman–Crippen MR) is 108 cm³/mol. The molecule has 0 bridgehead atoms. The van der Waals surface area contributed by atoms with E-state index in [2.05, 4.69) is 15.3 Å². The van der Waals surface area contributed by atoms with Gasteiger partial charge in [0.15, 0.2) is 0 Å². The Hall–Kier alpha value is -3.77. The smallest absolute Gasteiger partial charge is 0.407 e. The Morgan fingerprint density at radius 2 is 2.00 bits per heavy atom. The van der Waals surface area contributed by atoms with E-state index in [1.54, 1.807) is 39.0 Å². The summed E-state index contributed by atoms with van der Waals surface area (Å²) in [6.45, 7) is 5.67. The second-order valence-corrected chi connectivity index (χ2v) is 7.41. The number of ether oxygens (including phenoxy) is 1. The molecule has 8 heteroatoms. The Kier molecular flexibility index (Phi) is 5.57. The van der Waals surface area contributed by atoms with Gasteiger partial charge in [-0.25, -0.2) is 4.79 Å². The standard InChI is InChI=1S/C21H20N4O4/c1-21(2,3)29-20(27)23-12-13-5-4-6-14(9-13)17-11-16(19(26)24-25-22)10-15-7-8-28-18(15)17/h4-11H,12H2,1-3H3,(H,23,27). The van der Waals surface area contributed by atoms with Crippen LogP contribution in [0, 0.1) is 0 Å². The molecule has 1 aromatic heterocycles. The minimum atomic E-state index is -0.667. The molecule has 1 N–H and O–H groups in total. The van der Waals surface area contributed by atoms with E-state index in [4.69, 9.17) is 14.7 Å². The highest BCUT2D eigenvalue weighted by Crippen LogP contribution is 2.32. The average molecular weight is 392 g/mol. The third kappa shape index (κ3) is 4.94. The number of hydrogen-bond donors (Lipinski definition) is 1. The number of amides is 2. The normalized spacial score (nSPS) is 11.0. The van der Waals surface area contributed by atoms with Crippen LogP contribution in [0.3, 0.4) is 0 Å². The monoisotopic (exact) mass is 392 g/mol. The Labute approximate surface area is 167 Å². The number of alkyl carbamates (subject to hydrolysis) is 1. The Bertz CT molecular complexity index is 1120. The molecule has 0 fully saturated rings. The second-order valence-electron chi connectivity index (χ2n) is 7.41. The summed E-state index contributed by atoms with van der Waals surface area (Å²) >= 11 is 0. The first-order valence-electron chi connectivity index (χ1n) is 8.94. The molecular weight excluding hydrogens is 372 g/mol. The summed E-state index contributed by atoms with van der Waals surface area (Å²) in [7, 11) is 0. The zero-order valence-corrected chi connectivity index (χ0v) is 16.3. The van der Waals surface area contributed by atoms with E-state index in [1.165, 1.54) is 6.26 Å². The number of hydrogen-bond acceptors (Lipinski definition) is 4. The first kappa shape index (κ1) is 20.0. The van der Waals surface area contributed by atoms with Crippen LogP contribution >= 0.6 is 0 Å². The molecule has 3 rings (SSSR count). The lowest BCUT2D eigenvalue weighted by Crippen LogP contribution is -2.32. The van der Waals surface area contributed by atoms with Crippen molar-refractivity contribution in [1.82, 2.24) is 5.32 Å². The summed E-state index contributed by atoms with van der Waals surface area (Å²) in [5, 5.41) is 6.60. The van der Waals surface area contributed by atoms with E-state index in [0.717, 1.165) is 16.5 Å². The van der Waals surface area contributed by atoms with Gasteiger partial charge in [0.1, 0.15) is 11.2 Å². The molecule has 0 radical (unpaired) electrons. The third-order valence-electron chi connectivity index (χ3n) is 4.01. The summed E-state index contributed by atoms with van der Waals surface area (Å²) in [6, 6.07) is 12.5. The zero-order valence-electron chi connectivity index (χ0n) is 16.3. The van der Waals surface area contributed by atoms with Gasteiger partial charge in [0.05, 0.1) is 6.26 Å². The minimum absolute atomic E-state index is 0.268. The van der Waals surface area contributed by atoms with Gasteiger partial charge in [-0.15, -0.1) is 0 Å². The largest absolute Gasteiger partial charge is 0.464 e. The highest BCUT2D eigenvalue weighted by molar-refractivity contribution is 6.03. The van der Waals surface area contributed by atoms with Crippen molar-refractivity contribution in [2.24, 2.45) is 5.11 Å². The predicted octanol–water partition coefficient (Wildman–Crippen LogP) is 5.58. The molecular formula is C21H20N4O4. The van der Waals surface area contributed by atoms with E-state index in [9.17, 15) is 9.59 Å². The van der Waals surface area contributed by atoms with Crippen molar-refractivity contribution in [3.63, 3.8) is 0 Å². The van der Waals surface area contributed by atoms with E-state index >= 15 is 0 Å². The average Bonchev–Trinajstić information content (AvgIpc) is 3.13. The fourth-order valence-corrected chi connectivity index (χ4v) is 2.86. The number of carbonyl (C=O) groups excluding carboxylic acids is 2. The van der Waals surface area contributed by atoms with Gasteiger partial charge in [0, 0.05) is 28.0 Å². The number of nitrogens with one attached hydrogen (secondary N) is 1. The molecule has 2 aromatic carbocycles. The SMILES string of the molecule is CC(C)(C)OC(=O)NCc1cccc(-c2cc(C(=O)N=[N+]=[N-])cc3ccoc23)c1. The highest BCUT2D eigenvalue weighted by Gasteiger charge is 2.16. The van der Waals surface area contributed by atoms with E-state index in [-0.39, 0.29) is 12.1 Å². The number of azide groups is 1. The lowest BCUT2D eigenvalue weighted by atomic mass is 9.98. The molecule has 1 heterocycles. The molecule has 0 aliphatic carbocycles. The Balaban J connectivity index is 1.91. The van der Waals surface area contributed by atoms with E-state index in [0.29, 0.717) is 11.1 Å². The minimum Gasteiger partial charge on any atom is -0.464 e. The first-order chi connectivity index (χ1) is 13.8. The van der Waals surface area contributed by atoms with Crippen LogP contribution in [-0.4, -0.2) is 17.6 Å². The van der Waals surface area contributed by atoms with E-state index < -0.39 is 17.6 Å². The summed E-state index contributed by atoms with van der Waals surface area (Å²) < 4.78 is 10.8. The Morgan fingerprint density at radius 1 is 1.21 bits per heavy atom. The van der Waals surface area contributed by atoms with Crippen molar-refractivity contribution in [3.05, 3.63) is 70.3 Å². The molecule has 0 saturated carbocycles. The van der Waals surface area contributed by atoms with Crippen LogP contribution in [0.2, 0.25) is 0 Å². The van der Waals surface area contributed by atoms with Crippen LogP contribution in [0.1, 0.15) is 36.7 Å². The van der Waals surface area contributed by atoms with Gasteiger partial charge in [-0.05, 0) is 66.8 Å². The van der Waals surface area contributed by atoms with Crippen molar-refractivity contribution >= 4 is 23.0 Å². The van der Waals surface area contributed by atoms with Crippen LogP contribution in [0.15, 0.2) is 58.3 Å². The van der Waals surface area contributed by atoms with Gasteiger partial charge in [0.2, 0.25) is 5.91 Å². The van der Waals surface area contributed by atoms with Gasteiger partial charge < -0.3 is 14.5 Å². The van der Waals surface area contributed by atoms with Gasteiger partial charge in [0.25, 0.3) is 0 Å². The summed E-state index contributed by atoms with van der Waals surface area (Å²) in [5.41, 5.74) is 11.2. The molecule has 0 spiro atoms. The number of benzene rings is 2. The lowest BCUT2D eigenvalue weighted by Gasteiger charge is -2.19. The molecule has 8 nitrogen and oxygen atoms in total. The molecule has 0 unspecified atom stereocenters. The van der Waals surface area contributed by atoms with Crippen molar-refractivity contribution in [1.29, 1.82) is 0 Å². The molecule has 0 aliphatic heterocycles. The van der Waals surface area contributed by atoms with E-state index in [1.807, 2.05) is 24.3 Å². The number of rotatable bonds is 4. The quantitative estimate of drug-likeness (QED) is 0.354. The van der Waals surface area contributed by atoms with Gasteiger partial charge >= 0.3 is 6.09 Å². The molecule has 0 saturated heterocycles. The van der Waals surface area contributed by atoms with Crippen molar-refractivity contribution in [2.75, 3.05) is 0 Å². The van der Waals surface area contributed by atoms with Crippen molar-refractivity contribution < 1.29 is 18.7 Å². The van der Waals surface area contributed by atoms with Crippen molar-refractivity contribution in [3.8, 4) is 11.1 Å². The summed E-state index contributed by atoms with van der Waals surface area (Å²) in [4.78, 5) is 26.5. The fraction of sp³-hybridized carbons (Fsp3) is 0.238. The van der Waals surface area contributed by atoms with Crippen molar-refractivity contribution in [2.45, 2.75) is 32.9 Å². The number of furan rings is 1. The Morgan fingerprint density at radius 3 is 2.72 bits per heavy atom. The maximum absolute atomic E-state index is 12.0. The number of nitrogens with zero attached hydrogens (tertiary/aromatic N) is 3. The van der Waals surface area contributed by atoms with Crippen LogP contribution in [0.4, 0.5) is 4.79 Å². The zero-order chi connectivity index (χ0) is 21.0. The van der Waals surface area contributed by atoms with Gasteiger partial charge in [-0.1, -0.05) is 18.2 Å². The second kappa shape index (κ2) is 8.08. The van der Waals surface area contributed by atoms with Gasteiger partial charge in [-0.3, -0.25) is 4.79 Å². The molecule has 148 valence electrons. The fourth-order valence-electron chi connectivity index (χ4n) is 2.86. The molecule has 3 aromatic rings. The van der Waals surface area contributed by atoms with Crippen LogP contribution < -0.4 is 5.32 Å². The summed E-state index contributed by atoms with van der Waals surface area (Å²) in [6.07, 6.45) is 1.03. The van der Waals surface area contributed by atoms with Crippen LogP contribution in [0.25, 0.3) is 32.5 Å². The molecule has 0 atom stereocenters. The molecule has 0 aliphatic rings. The third-order valence-corrected chi connectivity index (χ3v) is 4.01. The highest BCUT2D eigenvalue weighted by atomic mass is 16.6. The van der Waals surface area contributed by atoms with Gasteiger partial charge in [-0.2, -0.15) is 0 Å². The maximum Gasteiger partial charge on any atom is 0.407 e.